The third kappa shape index (κ3) is 2.72. The summed E-state index contributed by atoms with van der Waals surface area (Å²) < 4.78 is 6.13. The predicted octanol–water partition coefficient (Wildman–Crippen LogP) is 2.15. The monoisotopic (exact) mass is 312 g/mol. The van der Waals surface area contributed by atoms with Gasteiger partial charge < -0.3 is 4.74 Å². The van der Waals surface area contributed by atoms with Gasteiger partial charge >= 0.3 is 5.97 Å². The molecule has 1 aliphatic heterocycles. The largest absolute Gasteiger partial charge is 0.465 e. The second-order valence-electron chi connectivity index (χ2n) is 4.37. The first-order chi connectivity index (χ1) is 8.63. The Balaban J connectivity index is 2.12. The standard InChI is InChI=1S/C13H17BrN2O2/c1-3-18-13(17)9(2)16-7-5-12-10(8-16)11(14)4-6-15-12/h4,6,9H,3,5,7-8H2,1-2H3/t9-/m1/s1. The lowest BCUT2D eigenvalue weighted by Crippen LogP contribution is -2.43. The third-order valence-electron chi connectivity index (χ3n) is 3.26. The van der Waals surface area contributed by atoms with E-state index in [2.05, 4.69) is 25.8 Å². The molecule has 2 heterocycles. The Morgan fingerprint density at radius 2 is 2.44 bits per heavy atom. The van der Waals surface area contributed by atoms with E-state index in [1.165, 1.54) is 5.56 Å². The maximum absolute atomic E-state index is 11.7. The van der Waals surface area contributed by atoms with Crippen LogP contribution in [0.15, 0.2) is 16.7 Å². The van der Waals surface area contributed by atoms with Gasteiger partial charge in [-0.25, -0.2) is 0 Å². The topological polar surface area (TPSA) is 42.4 Å². The van der Waals surface area contributed by atoms with Gasteiger partial charge in [0.15, 0.2) is 0 Å². The maximum Gasteiger partial charge on any atom is 0.323 e. The van der Waals surface area contributed by atoms with Crippen molar-refractivity contribution in [2.45, 2.75) is 32.9 Å². The number of aromatic nitrogens is 1. The minimum Gasteiger partial charge on any atom is -0.465 e. The van der Waals surface area contributed by atoms with E-state index in [4.69, 9.17) is 4.74 Å². The van der Waals surface area contributed by atoms with Gasteiger partial charge in [0, 0.05) is 41.4 Å². The first-order valence-corrected chi connectivity index (χ1v) is 6.95. The summed E-state index contributed by atoms with van der Waals surface area (Å²) in [5.41, 5.74) is 2.30. The lowest BCUT2D eigenvalue weighted by Gasteiger charge is -2.32. The quantitative estimate of drug-likeness (QED) is 0.802. The van der Waals surface area contributed by atoms with Crippen molar-refractivity contribution in [2.75, 3.05) is 13.2 Å². The number of hydrogen-bond donors (Lipinski definition) is 0. The number of hydrogen-bond acceptors (Lipinski definition) is 4. The molecule has 1 atom stereocenters. The van der Waals surface area contributed by atoms with Crippen LogP contribution < -0.4 is 0 Å². The van der Waals surface area contributed by atoms with Crippen LogP contribution in [0.5, 0.6) is 0 Å². The molecule has 98 valence electrons. The summed E-state index contributed by atoms with van der Waals surface area (Å²) in [6.45, 7) is 5.74. The first-order valence-electron chi connectivity index (χ1n) is 6.16. The van der Waals surface area contributed by atoms with E-state index in [9.17, 15) is 4.79 Å². The number of halogens is 1. The summed E-state index contributed by atoms with van der Waals surface area (Å²) in [6.07, 6.45) is 2.69. The van der Waals surface area contributed by atoms with E-state index in [0.717, 1.165) is 29.7 Å². The fraction of sp³-hybridized carbons (Fsp3) is 0.538. The number of esters is 1. The molecule has 0 bridgehead atoms. The molecule has 0 radical (unpaired) electrons. The van der Waals surface area contributed by atoms with Crippen molar-refractivity contribution in [3.63, 3.8) is 0 Å². The van der Waals surface area contributed by atoms with Crippen molar-refractivity contribution in [1.82, 2.24) is 9.88 Å². The molecular weight excluding hydrogens is 296 g/mol. The number of carbonyl (C=O) groups excluding carboxylic acids is 1. The molecule has 0 aromatic carbocycles. The number of nitrogens with zero attached hydrogens (tertiary/aromatic N) is 2. The van der Waals surface area contributed by atoms with Gasteiger partial charge in [-0.1, -0.05) is 15.9 Å². The number of pyridine rings is 1. The molecule has 0 N–H and O–H groups in total. The van der Waals surface area contributed by atoms with Crippen LogP contribution in [0.1, 0.15) is 25.1 Å². The Bertz CT molecular complexity index is 451. The lowest BCUT2D eigenvalue weighted by atomic mass is 10.0. The molecule has 0 unspecified atom stereocenters. The fourth-order valence-electron chi connectivity index (χ4n) is 2.17. The zero-order chi connectivity index (χ0) is 13.1. The Morgan fingerprint density at radius 3 is 3.17 bits per heavy atom. The number of fused-ring (bicyclic) bond motifs is 1. The Labute approximate surface area is 115 Å². The van der Waals surface area contributed by atoms with Gasteiger partial charge in [-0.05, 0) is 19.9 Å². The third-order valence-corrected chi connectivity index (χ3v) is 4.00. The highest BCUT2D eigenvalue weighted by Crippen LogP contribution is 2.26. The fourth-order valence-corrected chi connectivity index (χ4v) is 2.64. The molecule has 5 heteroatoms. The molecule has 0 saturated carbocycles. The van der Waals surface area contributed by atoms with E-state index in [1.807, 2.05) is 26.1 Å². The molecule has 0 amide bonds. The van der Waals surface area contributed by atoms with Crippen LogP contribution in [0, 0.1) is 0 Å². The molecule has 0 spiro atoms. The molecule has 18 heavy (non-hydrogen) atoms. The number of carbonyl (C=O) groups is 1. The molecule has 1 aromatic rings. The summed E-state index contributed by atoms with van der Waals surface area (Å²) in [7, 11) is 0. The van der Waals surface area contributed by atoms with Gasteiger partial charge in [-0.3, -0.25) is 14.7 Å². The van der Waals surface area contributed by atoms with E-state index in [0.29, 0.717) is 6.61 Å². The van der Waals surface area contributed by atoms with Crippen molar-refractivity contribution < 1.29 is 9.53 Å². The van der Waals surface area contributed by atoms with Crippen LogP contribution in [-0.4, -0.2) is 35.0 Å². The minimum atomic E-state index is -0.204. The van der Waals surface area contributed by atoms with Gasteiger partial charge in [0.1, 0.15) is 6.04 Å². The lowest BCUT2D eigenvalue weighted by molar-refractivity contribution is -0.149. The maximum atomic E-state index is 11.7. The van der Waals surface area contributed by atoms with Crippen LogP contribution in [0.4, 0.5) is 0 Å². The second-order valence-corrected chi connectivity index (χ2v) is 5.22. The summed E-state index contributed by atoms with van der Waals surface area (Å²) in [4.78, 5) is 18.3. The Morgan fingerprint density at radius 1 is 1.67 bits per heavy atom. The van der Waals surface area contributed by atoms with Crippen LogP contribution in [-0.2, 0) is 22.5 Å². The zero-order valence-electron chi connectivity index (χ0n) is 10.6. The molecule has 0 fully saturated rings. The molecule has 1 aromatic heterocycles. The summed E-state index contributed by atoms with van der Waals surface area (Å²) in [5, 5.41) is 0. The Kier molecular flexibility index (Phi) is 4.35. The minimum absolute atomic E-state index is 0.152. The summed E-state index contributed by atoms with van der Waals surface area (Å²) in [6, 6.07) is 1.74. The van der Waals surface area contributed by atoms with E-state index in [-0.39, 0.29) is 12.0 Å². The van der Waals surface area contributed by atoms with Gasteiger partial charge in [-0.2, -0.15) is 0 Å². The predicted molar refractivity (Wildman–Crippen MR) is 72.1 cm³/mol. The van der Waals surface area contributed by atoms with Crippen molar-refractivity contribution >= 4 is 21.9 Å². The second kappa shape index (κ2) is 5.80. The average molecular weight is 313 g/mol. The first kappa shape index (κ1) is 13.5. The Hall–Kier alpha value is -0.940. The molecular formula is C13H17BrN2O2. The van der Waals surface area contributed by atoms with Crippen LogP contribution in [0.2, 0.25) is 0 Å². The van der Waals surface area contributed by atoms with Gasteiger partial charge in [-0.15, -0.1) is 0 Å². The van der Waals surface area contributed by atoms with Crippen molar-refractivity contribution in [3.05, 3.63) is 28.0 Å². The van der Waals surface area contributed by atoms with Gasteiger partial charge in [0.2, 0.25) is 0 Å². The van der Waals surface area contributed by atoms with Gasteiger partial charge in [0.05, 0.1) is 6.61 Å². The molecule has 0 saturated heterocycles. The average Bonchev–Trinajstić information content (AvgIpc) is 2.38. The molecule has 0 aliphatic carbocycles. The van der Waals surface area contributed by atoms with E-state index < -0.39 is 0 Å². The SMILES string of the molecule is CCOC(=O)[C@@H](C)N1CCc2nccc(Br)c2C1. The highest BCUT2D eigenvalue weighted by Gasteiger charge is 2.27. The van der Waals surface area contributed by atoms with E-state index in [1.54, 1.807) is 0 Å². The number of ether oxygens (including phenoxy) is 1. The van der Waals surface area contributed by atoms with Crippen molar-refractivity contribution in [1.29, 1.82) is 0 Å². The van der Waals surface area contributed by atoms with Gasteiger partial charge in [0.25, 0.3) is 0 Å². The highest BCUT2D eigenvalue weighted by atomic mass is 79.9. The van der Waals surface area contributed by atoms with Crippen LogP contribution in [0.25, 0.3) is 0 Å². The van der Waals surface area contributed by atoms with Crippen molar-refractivity contribution in [3.8, 4) is 0 Å². The van der Waals surface area contributed by atoms with E-state index >= 15 is 0 Å². The molecule has 1 aliphatic rings. The van der Waals surface area contributed by atoms with Crippen LogP contribution in [0.3, 0.4) is 0 Å². The number of rotatable bonds is 3. The summed E-state index contributed by atoms with van der Waals surface area (Å²) >= 11 is 3.54. The normalized spacial score (nSPS) is 17.1. The summed E-state index contributed by atoms with van der Waals surface area (Å²) in [5.74, 6) is -0.152. The van der Waals surface area contributed by atoms with Crippen molar-refractivity contribution in [2.24, 2.45) is 0 Å². The smallest absolute Gasteiger partial charge is 0.323 e. The molecule has 2 rings (SSSR count). The van der Waals surface area contributed by atoms with Crippen LogP contribution >= 0.6 is 15.9 Å². The zero-order valence-corrected chi connectivity index (χ0v) is 12.2. The highest BCUT2D eigenvalue weighted by molar-refractivity contribution is 9.10. The molecule has 4 nitrogen and oxygen atoms in total.